The molecule has 0 radical (unpaired) electrons. The van der Waals surface area contributed by atoms with Crippen LogP contribution in [-0.4, -0.2) is 28.7 Å². The summed E-state index contributed by atoms with van der Waals surface area (Å²) in [7, 11) is 0. The minimum Gasteiger partial charge on any atom is -0.462 e. The third kappa shape index (κ3) is 5.83. The minimum atomic E-state index is -0.808. The van der Waals surface area contributed by atoms with Gasteiger partial charge in [0, 0.05) is 26.2 Å². The van der Waals surface area contributed by atoms with Crippen LogP contribution in [-0.2, 0) is 19.2 Å². The first kappa shape index (κ1) is 26.7. The molecule has 0 aliphatic heterocycles. The van der Waals surface area contributed by atoms with Crippen LogP contribution >= 0.6 is 0 Å². The van der Waals surface area contributed by atoms with Crippen molar-refractivity contribution in [3.8, 4) is 0 Å². The second-order valence-electron chi connectivity index (χ2n) is 12.5. The molecule has 0 bridgehead atoms. The average molecular weight is 465 g/mol. The summed E-state index contributed by atoms with van der Waals surface area (Å²) in [5, 5.41) is 10.1. The molecule has 3 aliphatic carbocycles. The average Bonchev–Trinajstić information content (AvgIpc) is 3.09. The first-order valence-corrected chi connectivity index (χ1v) is 13.5. The fourth-order valence-corrected chi connectivity index (χ4v) is 8.26. The topological polar surface area (TPSA) is 72.8 Å². The summed E-state index contributed by atoms with van der Waals surface area (Å²) in [4.78, 5) is 29.6. The molecule has 3 aliphatic rings. The zero-order valence-electron chi connectivity index (χ0n) is 21.9. The lowest BCUT2D eigenvalue weighted by atomic mass is 9.53. The van der Waals surface area contributed by atoms with E-state index in [4.69, 9.17) is 9.62 Å². The number of Topliss-reactive ketones (excluding diaryl/α,β-unsaturated/α-hetero) is 1. The summed E-state index contributed by atoms with van der Waals surface area (Å²) in [5.74, 6) is 3.07. The van der Waals surface area contributed by atoms with E-state index in [-0.39, 0.29) is 24.1 Å². The molecule has 190 valence electrons. The van der Waals surface area contributed by atoms with Crippen molar-refractivity contribution in [1.29, 1.82) is 0 Å². The van der Waals surface area contributed by atoms with E-state index in [0.29, 0.717) is 30.1 Å². The second-order valence-corrected chi connectivity index (χ2v) is 12.5. The highest BCUT2D eigenvalue weighted by Crippen LogP contribution is 2.64. The van der Waals surface area contributed by atoms with Crippen LogP contribution in [0.4, 0.5) is 0 Å². The number of rotatable bonds is 7. The van der Waals surface area contributed by atoms with Crippen LogP contribution in [0.3, 0.4) is 0 Å². The summed E-state index contributed by atoms with van der Waals surface area (Å²) in [6, 6.07) is 0. The van der Waals surface area contributed by atoms with E-state index in [1.807, 2.05) is 6.92 Å². The lowest BCUT2D eigenvalue weighted by molar-refractivity contribution is -0.347. The molecule has 33 heavy (non-hydrogen) atoms. The SMILES string of the molecule is CC(=O)O[C@@H]1CC(=O)CC[C@H]2[C@@H]3CC[C@H]([C@H](C)CCCC(C)C)[C@@]3(C)CC[C@@H]2[C@@](C)(OO)C1. The van der Waals surface area contributed by atoms with Gasteiger partial charge in [-0.3, -0.25) is 14.8 Å². The summed E-state index contributed by atoms with van der Waals surface area (Å²) in [6.07, 6.45) is 9.97. The second kappa shape index (κ2) is 10.8. The standard InChI is InChI=1S/C28H48O5/c1-18(2)8-7-9-19(3)24-12-13-25-23-11-10-21(30)16-22(32-20(4)29)17-28(6,33-31)26(23)14-15-27(24,25)5/h18-19,22-26,31H,7-17H2,1-6H3/t19-,22-,23+,24-,25+,26+,27-,28+/m1/s1. The predicted molar refractivity (Wildman–Crippen MR) is 130 cm³/mol. The summed E-state index contributed by atoms with van der Waals surface area (Å²) in [6.45, 7) is 12.9. The van der Waals surface area contributed by atoms with Crippen LogP contribution < -0.4 is 0 Å². The van der Waals surface area contributed by atoms with Gasteiger partial charge in [0.15, 0.2) is 0 Å². The van der Waals surface area contributed by atoms with Crippen LogP contribution in [0.25, 0.3) is 0 Å². The third-order valence-corrected chi connectivity index (χ3v) is 9.81. The summed E-state index contributed by atoms with van der Waals surface area (Å²) >= 11 is 0. The Bertz CT molecular complexity index is 690. The molecule has 0 aromatic rings. The number of fused-ring (bicyclic) bond motifs is 3. The van der Waals surface area contributed by atoms with Gasteiger partial charge in [-0.1, -0.05) is 47.0 Å². The minimum absolute atomic E-state index is 0.158. The molecular formula is C28H48O5. The fourth-order valence-electron chi connectivity index (χ4n) is 8.26. The van der Waals surface area contributed by atoms with Crippen LogP contribution in [0.2, 0.25) is 0 Å². The van der Waals surface area contributed by atoms with E-state index < -0.39 is 11.7 Å². The maximum Gasteiger partial charge on any atom is 0.302 e. The maximum absolute atomic E-state index is 12.8. The van der Waals surface area contributed by atoms with Crippen molar-refractivity contribution in [3.63, 3.8) is 0 Å². The summed E-state index contributed by atoms with van der Waals surface area (Å²) < 4.78 is 5.49. The molecule has 0 aromatic heterocycles. The quantitative estimate of drug-likeness (QED) is 0.254. The van der Waals surface area contributed by atoms with Gasteiger partial charge in [0.05, 0.1) is 0 Å². The highest BCUT2D eigenvalue weighted by molar-refractivity contribution is 5.79. The van der Waals surface area contributed by atoms with Gasteiger partial charge in [-0.05, 0) is 80.0 Å². The number of esters is 1. The molecule has 3 rings (SSSR count). The van der Waals surface area contributed by atoms with Crippen LogP contribution in [0.15, 0.2) is 0 Å². The van der Waals surface area contributed by atoms with E-state index >= 15 is 0 Å². The molecule has 1 N–H and O–H groups in total. The van der Waals surface area contributed by atoms with Crippen LogP contribution in [0.5, 0.6) is 0 Å². The maximum atomic E-state index is 12.8. The highest BCUT2D eigenvalue weighted by atomic mass is 17.1. The monoisotopic (exact) mass is 464 g/mol. The lowest BCUT2D eigenvalue weighted by Crippen LogP contribution is -2.51. The molecular weight excluding hydrogens is 416 g/mol. The van der Waals surface area contributed by atoms with Crippen molar-refractivity contribution in [3.05, 3.63) is 0 Å². The van der Waals surface area contributed by atoms with E-state index in [0.717, 1.165) is 37.0 Å². The zero-order chi connectivity index (χ0) is 24.4. The molecule has 0 aromatic carbocycles. The van der Waals surface area contributed by atoms with Gasteiger partial charge >= 0.3 is 5.97 Å². The van der Waals surface area contributed by atoms with Crippen molar-refractivity contribution >= 4 is 11.8 Å². The molecule has 5 heteroatoms. The molecule has 5 nitrogen and oxygen atoms in total. The molecule has 3 saturated carbocycles. The molecule has 0 saturated heterocycles. The third-order valence-electron chi connectivity index (χ3n) is 9.81. The molecule has 0 spiro atoms. The van der Waals surface area contributed by atoms with Crippen molar-refractivity contribution < 1.29 is 24.5 Å². The Labute approximate surface area is 201 Å². The zero-order valence-corrected chi connectivity index (χ0v) is 21.9. The lowest BCUT2D eigenvalue weighted by Gasteiger charge is -2.53. The molecule has 0 amide bonds. The van der Waals surface area contributed by atoms with Crippen molar-refractivity contribution in [1.82, 2.24) is 0 Å². The first-order valence-electron chi connectivity index (χ1n) is 13.5. The number of hydrogen-bond donors (Lipinski definition) is 1. The van der Waals surface area contributed by atoms with Gasteiger partial charge in [-0.25, -0.2) is 4.89 Å². The summed E-state index contributed by atoms with van der Waals surface area (Å²) in [5.41, 5.74) is -0.515. The van der Waals surface area contributed by atoms with Crippen molar-refractivity contribution in [2.45, 2.75) is 124 Å². The van der Waals surface area contributed by atoms with Crippen molar-refractivity contribution in [2.75, 3.05) is 0 Å². The highest BCUT2D eigenvalue weighted by Gasteiger charge is 2.58. The largest absolute Gasteiger partial charge is 0.462 e. The Balaban J connectivity index is 1.82. The molecule has 8 atom stereocenters. The van der Waals surface area contributed by atoms with E-state index in [1.54, 1.807) is 0 Å². The Kier molecular flexibility index (Phi) is 8.70. The van der Waals surface area contributed by atoms with Gasteiger partial charge in [0.2, 0.25) is 0 Å². The Hall–Kier alpha value is -0.940. The van der Waals surface area contributed by atoms with Crippen molar-refractivity contribution in [2.24, 2.45) is 40.9 Å². The van der Waals surface area contributed by atoms with Gasteiger partial charge in [0.1, 0.15) is 17.5 Å². The van der Waals surface area contributed by atoms with Gasteiger partial charge in [-0.15, -0.1) is 0 Å². The van der Waals surface area contributed by atoms with E-state index in [2.05, 4.69) is 27.7 Å². The molecule has 0 heterocycles. The number of ether oxygens (including phenoxy) is 1. The number of carbonyl (C=O) groups is 2. The van der Waals surface area contributed by atoms with Gasteiger partial charge in [0.25, 0.3) is 0 Å². The number of ketones is 1. The van der Waals surface area contributed by atoms with E-state index in [9.17, 15) is 14.8 Å². The first-order chi connectivity index (χ1) is 15.5. The number of hydrogen-bond acceptors (Lipinski definition) is 5. The van der Waals surface area contributed by atoms with Gasteiger partial charge in [-0.2, -0.15) is 0 Å². The Morgan fingerprint density at radius 1 is 1.09 bits per heavy atom. The van der Waals surface area contributed by atoms with Crippen LogP contribution in [0.1, 0.15) is 112 Å². The number of carbonyl (C=O) groups excluding carboxylic acids is 2. The fraction of sp³-hybridized carbons (Fsp3) is 0.929. The Morgan fingerprint density at radius 2 is 1.82 bits per heavy atom. The van der Waals surface area contributed by atoms with Crippen LogP contribution in [0, 0.1) is 40.9 Å². The normalized spacial score (nSPS) is 40.4. The van der Waals surface area contributed by atoms with E-state index in [1.165, 1.54) is 39.0 Å². The van der Waals surface area contributed by atoms with Gasteiger partial charge < -0.3 is 4.74 Å². The predicted octanol–water partition coefficient (Wildman–Crippen LogP) is 6.83. The Morgan fingerprint density at radius 3 is 2.45 bits per heavy atom. The molecule has 0 unspecified atom stereocenters. The molecule has 3 fully saturated rings. The smallest absolute Gasteiger partial charge is 0.302 e.